The van der Waals surface area contributed by atoms with E-state index in [2.05, 4.69) is 6.58 Å². The van der Waals surface area contributed by atoms with Gasteiger partial charge in [-0.15, -0.1) is 0 Å². The number of aldehydes is 1. The van der Waals surface area contributed by atoms with Crippen LogP contribution in [0.5, 0.6) is 5.75 Å². The summed E-state index contributed by atoms with van der Waals surface area (Å²) in [7, 11) is 5.34. The van der Waals surface area contributed by atoms with Crippen LogP contribution in [0, 0.1) is 0 Å². The Bertz CT molecular complexity index is 753. The SMILES string of the molecule is C=C(/C=C(\C)C(F)F)N(CC)c1cc(OC)cc(N(C)C)c1/C=C(/C)C=O. The molecule has 1 aromatic rings. The van der Waals surface area contributed by atoms with Gasteiger partial charge in [0, 0.05) is 49.7 Å². The van der Waals surface area contributed by atoms with Crippen molar-refractivity contribution >= 4 is 23.7 Å². The molecule has 0 atom stereocenters. The molecule has 0 aliphatic carbocycles. The number of methoxy groups -OCH3 is 1. The Balaban J connectivity index is 3.70. The molecule has 0 radical (unpaired) electrons. The minimum absolute atomic E-state index is 0.0599. The van der Waals surface area contributed by atoms with Crippen LogP contribution in [0.25, 0.3) is 6.08 Å². The fourth-order valence-electron chi connectivity index (χ4n) is 2.65. The summed E-state index contributed by atoms with van der Waals surface area (Å²) in [5.74, 6) is 0.621. The average molecular weight is 378 g/mol. The molecule has 0 bridgehead atoms. The largest absolute Gasteiger partial charge is 0.497 e. The maximum absolute atomic E-state index is 12.9. The topological polar surface area (TPSA) is 32.8 Å². The number of hydrogen-bond donors (Lipinski definition) is 0. The van der Waals surface area contributed by atoms with Gasteiger partial charge in [0.25, 0.3) is 6.43 Å². The number of nitrogens with zero attached hydrogens (tertiary/aromatic N) is 2. The van der Waals surface area contributed by atoms with Crippen molar-refractivity contribution in [3.63, 3.8) is 0 Å². The molecule has 0 fully saturated rings. The third kappa shape index (κ3) is 5.67. The molecular weight excluding hydrogens is 350 g/mol. The second-order valence-electron chi connectivity index (χ2n) is 6.40. The highest BCUT2D eigenvalue weighted by Gasteiger charge is 2.18. The molecule has 0 aromatic heterocycles. The van der Waals surface area contributed by atoms with Crippen molar-refractivity contribution in [3.8, 4) is 5.75 Å². The van der Waals surface area contributed by atoms with Crippen LogP contribution in [0.2, 0.25) is 0 Å². The molecule has 148 valence electrons. The minimum atomic E-state index is -2.54. The molecule has 0 spiro atoms. The minimum Gasteiger partial charge on any atom is -0.497 e. The van der Waals surface area contributed by atoms with E-state index in [4.69, 9.17) is 4.74 Å². The molecule has 0 heterocycles. The average Bonchev–Trinajstić information content (AvgIpc) is 2.62. The number of anilines is 2. The van der Waals surface area contributed by atoms with Crippen LogP contribution in [-0.4, -0.2) is 40.5 Å². The first kappa shape index (κ1) is 22.4. The van der Waals surface area contributed by atoms with Crippen molar-refractivity contribution in [1.29, 1.82) is 0 Å². The number of benzene rings is 1. The molecular formula is C21H28F2N2O2. The van der Waals surface area contributed by atoms with Gasteiger partial charge in [0.15, 0.2) is 0 Å². The number of alkyl halides is 2. The molecule has 4 nitrogen and oxygen atoms in total. The summed E-state index contributed by atoms with van der Waals surface area (Å²) in [4.78, 5) is 14.9. The first-order valence-electron chi connectivity index (χ1n) is 8.61. The zero-order chi connectivity index (χ0) is 20.7. The summed E-state index contributed by atoms with van der Waals surface area (Å²) in [6, 6.07) is 3.68. The quantitative estimate of drug-likeness (QED) is 0.347. The Morgan fingerprint density at radius 2 is 1.85 bits per heavy atom. The molecule has 27 heavy (non-hydrogen) atoms. The van der Waals surface area contributed by atoms with Crippen LogP contribution >= 0.6 is 0 Å². The van der Waals surface area contributed by atoms with Gasteiger partial charge in [-0.05, 0) is 44.1 Å². The highest BCUT2D eigenvalue weighted by Crippen LogP contribution is 2.37. The summed E-state index contributed by atoms with van der Waals surface area (Å²) in [5, 5.41) is 0. The van der Waals surface area contributed by atoms with E-state index in [0.29, 0.717) is 23.6 Å². The van der Waals surface area contributed by atoms with E-state index in [1.165, 1.54) is 13.0 Å². The Morgan fingerprint density at radius 1 is 1.26 bits per heavy atom. The number of carbonyl (C=O) groups excluding carboxylic acids is 1. The van der Waals surface area contributed by atoms with Crippen molar-refractivity contribution in [2.45, 2.75) is 27.2 Å². The van der Waals surface area contributed by atoms with Gasteiger partial charge in [-0.2, -0.15) is 0 Å². The summed E-state index contributed by atoms with van der Waals surface area (Å²) in [6.07, 6.45) is 1.39. The maximum atomic E-state index is 12.9. The predicted octanol–water partition coefficient (Wildman–Crippen LogP) is 4.91. The van der Waals surface area contributed by atoms with Crippen molar-refractivity contribution in [3.05, 3.63) is 47.2 Å². The summed E-state index contributed by atoms with van der Waals surface area (Å²) >= 11 is 0. The zero-order valence-electron chi connectivity index (χ0n) is 16.8. The molecule has 0 aliphatic heterocycles. The molecule has 0 aliphatic rings. The monoisotopic (exact) mass is 378 g/mol. The van der Waals surface area contributed by atoms with Crippen molar-refractivity contribution < 1.29 is 18.3 Å². The molecule has 1 aromatic carbocycles. The Morgan fingerprint density at radius 3 is 2.30 bits per heavy atom. The van der Waals surface area contributed by atoms with E-state index in [1.54, 1.807) is 20.1 Å². The van der Waals surface area contributed by atoms with E-state index in [0.717, 1.165) is 23.2 Å². The van der Waals surface area contributed by atoms with Crippen LogP contribution in [0.4, 0.5) is 20.2 Å². The van der Waals surface area contributed by atoms with Gasteiger partial charge in [0.05, 0.1) is 12.8 Å². The van der Waals surface area contributed by atoms with Crippen molar-refractivity contribution in [2.24, 2.45) is 0 Å². The van der Waals surface area contributed by atoms with Crippen molar-refractivity contribution in [2.75, 3.05) is 37.5 Å². The van der Waals surface area contributed by atoms with E-state index < -0.39 is 6.43 Å². The molecule has 0 saturated carbocycles. The molecule has 6 heteroatoms. The van der Waals surface area contributed by atoms with Gasteiger partial charge in [-0.3, -0.25) is 4.79 Å². The van der Waals surface area contributed by atoms with Crippen LogP contribution in [0.3, 0.4) is 0 Å². The number of likely N-dealkylation sites (N-methyl/N-ethyl adjacent to an activating group) is 1. The van der Waals surface area contributed by atoms with Crippen LogP contribution in [0.15, 0.2) is 41.6 Å². The number of carbonyl (C=O) groups is 1. The van der Waals surface area contributed by atoms with Gasteiger partial charge in [0.1, 0.15) is 12.0 Å². The normalized spacial score (nSPS) is 12.2. The standard InChI is InChI=1S/C21H28F2N2O2/c1-8-25(16(4)10-15(3)21(22)23)20-12-17(27-7)11-19(24(5)6)18(20)9-14(2)13-26/h9-13,21H,4,8H2,1-3,5-7H3/b14-9-,15-10+. The third-order valence-corrected chi connectivity index (χ3v) is 4.08. The lowest BCUT2D eigenvalue weighted by atomic mass is 10.0. The first-order valence-corrected chi connectivity index (χ1v) is 8.61. The number of hydrogen-bond acceptors (Lipinski definition) is 4. The second kappa shape index (κ2) is 9.90. The lowest BCUT2D eigenvalue weighted by molar-refractivity contribution is -0.104. The molecule has 0 unspecified atom stereocenters. The predicted molar refractivity (Wildman–Crippen MR) is 109 cm³/mol. The van der Waals surface area contributed by atoms with Gasteiger partial charge in [-0.1, -0.05) is 6.58 Å². The number of halogens is 2. The summed E-state index contributed by atoms with van der Waals surface area (Å²) in [5.41, 5.74) is 3.28. The van der Waals surface area contributed by atoms with E-state index in [1.807, 2.05) is 43.0 Å². The van der Waals surface area contributed by atoms with Gasteiger partial charge >= 0.3 is 0 Å². The Labute approximate surface area is 160 Å². The summed E-state index contributed by atoms with van der Waals surface area (Å²) in [6.45, 7) is 9.47. The lowest BCUT2D eigenvalue weighted by Crippen LogP contribution is -2.23. The molecule has 0 N–H and O–H groups in total. The van der Waals surface area contributed by atoms with Gasteiger partial charge in [-0.25, -0.2) is 8.78 Å². The maximum Gasteiger partial charge on any atom is 0.260 e. The molecule has 0 saturated heterocycles. The highest BCUT2D eigenvalue weighted by atomic mass is 19.3. The fourth-order valence-corrected chi connectivity index (χ4v) is 2.65. The first-order chi connectivity index (χ1) is 12.7. The van der Waals surface area contributed by atoms with Crippen LogP contribution in [0.1, 0.15) is 26.3 Å². The smallest absolute Gasteiger partial charge is 0.260 e. The Hall–Kier alpha value is -2.63. The van der Waals surface area contributed by atoms with E-state index in [-0.39, 0.29) is 5.57 Å². The molecule has 1 rings (SSSR count). The van der Waals surface area contributed by atoms with E-state index >= 15 is 0 Å². The second-order valence-corrected chi connectivity index (χ2v) is 6.40. The summed E-state index contributed by atoms with van der Waals surface area (Å²) < 4.78 is 31.3. The van der Waals surface area contributed by atoms with Crippen LogP contribution < -0.4 is 14.5 Å². The zero-order valence-corrected chi connectivity index (χ0v) is 16.8. The van der Waals surface area contributed by atoms with Crippen molar-refractivity contribution in [1.82, 2.24) is 0 Å². The third-order valence-electron chi connectivity index (χ3n) is 4.08. The van der Waals surface area contributed by atoms with Crippen LogP contribution in [-0.2, 0) is 4.79 Å². The highest BCUT2D eigenvalue weighted by molar-refractivity contribution is 5.89. The van der Waals surface area contributed by atoms with Gasteiger partial charge in [0.2, 0.25) is 0 Å². The number of allylic oxidation sites excluding steroid dienone is 3. The van der Waals surface area contributed by atoms with E-state index in [9.17, 15) is 13.6 Å². The molecule has 0 amide bonds. The number of ether oxygens (including phenoxy) is 1. The fraction of sp³-hybridized carbons (Fsp3) is 0.381. The lowest BCUT2D eigenvalue weighted by Gasteiger charge is -2.29. The number of rotatable bonds is 9. The Kier molecular flexibility index (Phi) is 8.22. The van der Waals surface area contributed by atoms with Gasteiger partial charge < -0.3 is 14.5 Å².